The molecule has 0 amide bonds. The zero-order chi connectivity index (χ0) is 46.1. The van der Waals surface area contributed by atoms with Crippen LogP contribution >= 0.6 is 87.7 Å². The molecule has 11 nitrogen and oxygen atoms in total. The molecule has 0 saturated carbocycles. The average molecular weight is 1320 g/mol. The van der Waals surface area contributed by atoms with Crippen LogP contribution < -0.4 is 39.0 Å². The van der Waals surface area contributed by atoms with Gasteiger partial charge in [0.15, 0.2) is 0 Å². The minimum atomic E-state index is -0.982. The fourth-order valence-corrected chi connectivity index (χ4v) is 5.12. The van der Waals surface area contributed by atoms with Crippen LogP contribution in [0.15, 0.2) is 68.0 Å². The van der Waals surface area contributed by atoms with Crippen molar-refractivity contribution in [3.63, 3.8) is 0 Å². The minimum absolute atomic E-state index is 0. The molecule has 0 fully saturated rings. The third-order valence-electron chi connectivity index (χ3n) is 6.04. The second kappa shape index (κ2) is 35.2. The number of carboxylic acid groups (broad SMARTS) is 1. The van der Waals surface area contributed by atoms with E-state index in [4.69, 9.17) is 44.4 Å². The molecule has 19 heteroatoms. The molecule has 0 aromatic heterocycles. The van der Waals surface area contributed by atoms with Crippen LogP contribution in [0.3, 0.4) is 0 Å². The maximum absolute atomic E-state index is 12.4. The molecule has 3 N–H and O–H groups in total. The van der Waals surface area contributed by atoms with Gasteiger partial charge in [-0.25, -0.2) is 9.18 Å². The number of rotatable bonds is 11. The number of aromatic carboxylic acids is 1. The van der Waals surface area contributed by atoms with E-state index in [1.165, 1.54) is 24.3 Å². The number of nitrogens with zero attached hydrogens (tertiary/aromatic N) is 2. The number of carboxylic acids is 1. The van der Waals surface area contributed by atoms with Gasteiger partial charge >= 0.3 is 84.9 Å². The number of ether oxygens (including phenoxy) is 5. The molecule has 0 bridgehead atoms. The predicted octanol–water partition coefficient (Wildman–Crippen LogP) is 9.87. The van der Waals surface area contributed by atoms with E-state index in [0.29, 0.717) is 60.9 Å². The number of nitriles is 2. The Hall–Kier alpha value is -0.0756. The third-order valence-corrected chi connectivity index (χ3v) is 7.42. The smallest absolute Gasteiger partial charge is 0.870 e. The van der Waals surface area contributed by atoms with Crippen molar-refractivity contribution in [2.24, 2.45) is 0 Å². The minimum Gasteiger partial charge on any atom is -0.870 e. The van der Waals surface area contributed by atoms with Crippen molar-refractivity contribution in [1.82, 2.24) is 0 Å². The van der Waals surface area contributed by atoms with Crippen LogP contribution in [0.4, 0.5) is 4.39 Å². The second-order valence-corrected chi connectivity index (χ2v) is 30.1. The molecule has 0 unspecified atom stereocenters. The predicted molar refractivity (Wildman–Crippen MR) is 258 cm³/mol. The molecule has 0 aliphatic carbocycles. The number of hydrogen-bond donors (Lipinski definition) is 2. The Morgan fingerprint density at radius 3 is 1.36 bits per heavy atom. The fourth-order valence-electron chi connectivity index (χ4n) is 3.71. The average Bonchev–Trinajstić information content (AvgIpc) is 3.08. The van der Waals surface area contributed by atoms with Crippen LogP contribution in [0.2, 0.25) is 0 Å². The Bertz CT molecular complexity index is 1770. The number of carbonyl (C=O) groups is 1. The summed E-state index contributed by atoms with van der Waals surface area (Å²) in [6, 6.07) is 18.1. The first-order valence-corrected chi connectivity index (χ1v) is 29.4. The molecule has 3 aromatic rings. The molecule has 0 heterocycles. The summed E-state index contributed by atoms with van der Waals surface area (Å²) in [4.78, 5) is 10.9. The molecule has 3 aromatic carbocycles. The maximum atomic E-state index is 12.4. The quantitative estimate of drug-likeness (QED) is 0.138. The molecule has 0 spiro atoms. The Kier molecular flexibility index (Phi) is 38.9. The number of aliphatic hydroxyl groups excluding tert-OH is 1. The van der Waals surface area contributed by atoms with E-state index in [9.17, 15) is 9.18 Å². The molecule has 3 rings (SSSR count). The first-order valence-electron chi connectivity index (χ1n) is 18.0. The summed E-state index contributed by atoms with van der Waals surface area (Å²) in [6.45, 7) is 24.8. The summed E-state index contributed by atoms with van der Waals surface area (Å²) < 4.78 is 42.4. The Labute approximate surface area is 438 Å². The molecule has 337 valence electrons. The van der Waals surface area contributed by atoms with E-state index in [1.807, 2.05) is 88.3 Å². The monoisotopic (exact) mass is 1320 g/mol. The van der Waals surface area contributed by atoms with Crippen LogP contribution in [0.1, 0.15) is 105 Å². The van der Waals surface area contributed by atoms with Crippen LogP contribution in [0.25, 0.3) is 0 Å². The van der Waals surface area contributed by atoms with E-state index in [1.54, 1.807) is 31.2 Å². The maximum Gasteiger partial charge on any atom is 1.00 e. The van der Waals surface area contributed by atoms with Crippen LogP contribution in [-0.2, 0) is 23.7 Å². The van der Waals surface area contributed by atoms with Gasteiger partial charge in [-0.15, -0.1) is 0 Å². The van der Waals surface area contributed by atoms with Gasteiger partial charge < -0.3 is 39.4 Å². The zero-order valence-corrected chi connectivity index (χ0v) is 49.4. The summed E-state index contributed by atoms with van der Waals surface area (Å²) >= 11 is 14.4. The van der Waals surface area contributed by atoms with E-state index in [2.05, 4.69) is 93.8 Å². The first-order chi connectivity index (χ1) is 27.0. The van der Waals surface area contributed by atoms with Crippen molar-refractivity contribution in [3.8, 4) is 23.6 Å². The van der Waals surface area contributed by atoms with Crippen molar-refractivity contribution >= 4 is 93.7 Å². The van der Waals surface area contributed by atoms with Gasteiger partial charge in [0.1, 0.15) is 29.5 Å². The molecule has 61 heavy (non-hydrogen) atoms. The summed E-state index contributed by atoms with van der Waals surface area (Å²) in [6.07, 6.45) is -0.579. The van der Waals surface area contributed by atoms with Crippen molar-refractivity contribution in [1.29, 1.82) is 10.5 Å². The van der Waals surface area contributed by atoms with Gasteiger partial charge in [0.2, 0.25) is 0 Å². The van der Waals surface area contributed by atoms with Crippen molar-refractivity contribution in [2.75, 3.05) is 19.8 Å². The van der Waals surface area contributed by atoms with Gasteiger partial charge in [-0.05, 0) is 138 Å². The van der Waals surface area contributed by atoms with Gasteiger partial charge in [0.25, 0.3) is 0 Å². The first kappa shape index (κ1) is 67.5. The van der Waals surface area contributed by atoms with Crippen LogP contribution in [0.5, 0.6) is 11.5 Å². The third kappa shape index (κ3) is 41.1. The molecular weight excluding hydrogens is 1260 g/mol. The Balaban J connectivity index is -0.000000358. The number of benzene rings is 3. The topological polar surface area (TPSA) is 181 Å². The summed E-state index contributed by atoms with van der Waals surface area (Å²) in [7, 11) is 0.628. The van der Waals surface area contributed by atoms with E-state index in [-0.39, 0.29) is 75.7 Å². The molecular formula is C42H57Br3FI2N2NaO9V. The molecule has 0 aliphatic rings. The largest absolute Gasteiger partial charge is 1.00 e. The zero-order valence-electron chi connectivity index (χ0n) is 37.0. The van der Waals surface area contributed by atoms with Crippen molar-refractivity contribution in [2.45, 2.75) is 118 Å². The van der Waals surface area contributed by atoms with Gasteiger partial charge in [-0.2, -0.15) is 10.5 Å². The fraction of sp³-hybridized carbons (Fsp3) is 0.500. The summed E-state index contributed by atoms with van der Waals surface area (Å²) in [5, 5.41) is 35.0. The van der Waals surface area contributed by atoms with E-state index < -0.39 is 11.8 Å². The van der Waals surface area contributed by atoms with Crippen LogP contribution in [-0.4, -0.2) is 76.6 Å². The standard InChI is InChI=1S/C14H18BrNO2.C14H19BrO4.C7H3BrFN.C7H16O2.2HI.Na.H2O.V/c1-10(9-17-14(2,3)4)18-13-6-11(8-16)5-12(15)7-13;1-9(8-18-14(2,3)4)19-12-6-10(13(16)17)5-11(15)7-12;8-6-1-5(4-10)2-7(9)3-6;1-6(8)5-9-7(2,3)4;;;;;/h5-7,10H,9H2,1-4H3;5-7,9H,8H2,1-4H3,(H,16,17);1-3H;6,8H,5H2,1-4H3;2*1H;;1H2;/q;;;;;;+1;;+2/p-3/t10-;9-;;6-;;;;;/m00.0...../s1. The molecule has 0 aliphatic heterocycles. The normalized spacial score (nSPS) is 11.9. The number of hydrogen-bond acceptors (Lipinski definition) is 10. The van der Waals surface area contributed by atoms with Gasteiger partial charge in [0, 0.05) is 13.4 Å². The summed E-state index contributed by atoms with van der Waals surface area (Å²) in [5.41, 5.74) is 0.564. The van der Waals surface area contributed by atoms with Crippen LogP contribution in [0, 0.1) is 28.5 Å². The van der Waals surface area contributed by atoms with Gasteiger partial charge in [0.05, 0.1) is 71.6 Å². The van der Waals surface area contributed by atoms with Gasteiger partial charge in [-0.3, -0.25) is 0 Å². The van der Waals surface area contributed by atoms with Crippen molar-refractivity contribution < 1.29 is 87.6 Å². The van der Waals surface area contributed by atoms with E-state index >= 15 is 0 Å². The summed E-state index contributed by atoms with van der Waals surface area (Å²) in [5.74, 6) is -0.196. The second-order valence-electron chi connectivity index (χ2n) is 15.6. The number of halogens is 6. The Morgan fingerprint density at radius 2 is 1.03 bits per heavy atom. The van der Waals surface area contributed by atoms with Crippen molar-refractivity contribution in [3.05, 3.63) is 90.5 Å². The molecule has 0 radical (unpaired) electrons. The molecule has 3 atom stereocenters. The molecule has 0 saturated heterocycles. The SMILES string of the molecule is C[C@@H](COC(C)(C)C)Oc1cc(Br)cc(C#N)c1.C[C@@H](COC(C)(C)C)Oc1cc(Br)cc(C(=O)O)c1.C[C@H](O)COC(C)(C)C.N#Cc1cc(F)cc(Br)c1.[I][V][I].[Na+].[OH-]. The number of aliphatic hydroxyl groups is 1. The van der Waals surface area contributed by atoms with E-state index in [0.717, 1.165) is 4.47 Å². The van der Waals surface area contributed by atoms with Gasteiger partial charge in [-0.1, -0.05) is 47.8 Å². The Morgan fingerprint density at radius 1 is 0.689 bits per heavy atom.